The van der Waals surface area contributed by atoms with Gasteiger partial charge in [0.05, 0.1) is 5.02 Å². The maximum atomic E-state index is 10.8. The molecule has 70 valence electrons. The Balaban J connectivity index is 3.12. The molecule has 0 bridgehead atoms. The Morgan fingerprint density at radius 2 is 2.31 bits per heavy atom. The molecule has 0 spiro atoms. The molecule has 1 aromatic rings. The topological polar surface area (TPSA) is 42.0 Å². The largest absolute Gasteiger partial charge is 0.310 e. The number of amides is 1. The third-order valence-electron chi connectivity index (χ3n) is 1.34. The molecule has 1 N–H and O–H groups in total. The lowest BCUT2D eigenvalue weighted by Gasteiger charge is -2.06. The fourth-order valence-corrected chi connectivity index (χ4v) is 1.53. The van der Waals surface area contributed by atoms with Gasteiger partial charge >= 0.3 is 0 Å². The van der Waals surface area contributed by atoms with E-state index in [9.17, 15) is 4.79 Å². The monoisotopic (exact) mass is 262 g/mol. The predicted molar refractivity (Wildman–Crippen MR) is 56.0 cm³/mol. The van der Waals surface area contributed by atoms with Crippen molar-refractivity contribution in [1.82, 2.24) is 4.98 Å². The predicted octanol–water partition coefficient (Wildman–Crippen LogP) is 2.76. The SMILES string of the molecule is CC(=O)Nc1nc(C)cc(Br)c1Cl. The van der Waals surface area contributed by atoms with Crippen LogP contribution in [0, 0.1) is 6.92 Å². The summed E-state index contributed by atoms with van der Waals surface area (Å²) in [6.07, 6.45) is 0. The van der Waals surface area contributed by atoms with Crippen molar-refractivity contribution in [3.05, 3.63) is 21.3 Å². The molecule has 1 heterocycles. The van der Waals surface area contributed by atoms with E-state index in [2.05, 4.69) is 26.2 Å². The summed E-state index contributed by atoms with van der Waals surface area (Å²) in [5.41, 5.74) is 0.792. The molecule has 5 heteroatoms. The quantitative estimate of drug-likeness (QED) is 0.846. The summed E-state index contributed by atoms with van der Waals surface area (Å²) in [4.78, 5) is 14.8. The highest BCUT2D eigenvalue weighted by atomic mass is 79.9. The van der Waals surface area contributed by atoms with Crippen molar-refractivity contribution in [3.63, 3.8) is 0 Å². The number of aryl methyl sites for hydroxylation is 1. The van der Waals surface area contributed by atoms with E-state index in [-0.39, 0.29) is 5.91 Å². The molecule has 0 atom stereocenters. The van der Waals surface area contributed by atoms with Crippen molar-refractivity contribution >= 4 is 39.3 Å². The molecule has 0 saturated heterocycles. The molecule has 0 fully saturated rings. The molecule has 0 radical (unpaired) electrons. The first-order valence-electron chi connectivity index (χ1n) is 3.61. The number of nitrogens with one attached hydrogen (secondary N) is 1. The summed E-state index contributed by atoms with van der Waals surface area (Å²) in [5, 5.41) is 2.96. The van der Waals surface area contributed by atoms with E-state index in [1.165, 1.54) is 6.92 Å². The summed E-state index contributed by atoms with van der Waals surface area (Å²) < 4.78 is 0.727. The number of carbonyl (C=O) groups is 1. The van der Waals surface area contributed by atoms with Crippen LogP contribution in [0.1, 0.15) is 12.6 Å². The number of carbonyl (C=O) groups excluding carboxylic acids is 1. The van der Waals surface area contributed by atoms with Gasteiger partial charge in [-0.3, -0.25) is 4.79 Å². The molecule has 0 aliphatic heterocycles. The molecule has 0 aliphatic rings. The second-order valence-corrected chi connectivity index (χ2v) is 3.82. The van der Waals surface area contributed by atoms with Crippen LogP contribution in [0.3, 0.4) is 0 Å². The zero-order valence-electron chi connectivity index (χ0n) is 7.19. The second-order valence-electron chi connectivity index (χ2n) is 2.59. The van der Waals surface area contributed by atoms with Gasteiger partial charge < -0.3 is 5.32 Å². The molecule has 0 saturated carbocycles. The van der Waals surface area contributed by atoms with Gasteiger partial charge in [-0.1, -0.05) is 11.6 Å². The number of aromatic nitrogens is 1. The van der Waals surface area contributed by atoms with Crippen LogP contribution in [0.25, 0.3) is 0 Å². The Bertz CT molecular complexity index is 354. The van der Waals surface area contributed by atoms with E-state index in [1.54, 1.807) is 6.07 Å². The molecule has 0 aliphatic carbocycles. The average Bonchev–Trinajstić information content (AvgIpc) is 1.98. The summed E-state index contributed by atoms with van der Waals surface area (Å²) in [6, 6.07) is 1.79. The summed E-state index contributed by atoms with van der Waals surface area (Å²) >= 11 is 9.15. The molecule has 1 amide bonds. The highest BCUT2D eigenvalue weighted by Crippen LogP contribution is 2.29. The number of hydrogen-bond acceptors (Lipinski definition) is 2. The van der Waals surface area contributed by atoms with E-state index >= 15 is 0 Å². The van der Waals surface area contributed by atoms with Crippen molar-refractivity contribution in [2.45, 2.75) is 13.8 Å². The first kappa shape index (κ1) is 10.5. The van der Waals surface area contributed by atoms with Crippen molar-refractivity contribution in [2.24, 2.45) is 0 Å². The standard InChI is InChI=1S/C8H8BrClN2O/c1-4-3-6(9)7(10)8(11-4)12-5(2)13/h3H,1-2H3,(H,11,12,13). The second kappa shape index (κ2) is 4.07. The molecule has 0 unspecified atom stereocenters. The normalized spacial score (nSPS) is 9.85. The van der Waals surface area contributed by atoms with Crippen molar-refractivity contribution < 1.29 is 4.79 Å². The smallest absolute Gasteiger partial charge is 0.222 e. The number of pyridine rings is 1. The van der Waals surface area contributed by atoms with Crippen LogP contribution in [0.2, 0.25) is 5.02 Å². The van der Waals surface area contributed by atoms with Crippen molar-refractivity contribution in [2.75, 3.05) is 5.32 Å². The Kier molecular flexibility index (Phi) is 3.27. The lowest BCUT2D eigenvalue weighted by molar-refractivity contribution is -0.114. The summed E-state index contributed by atoms with van der Waals surface area (Å²) in [7, 11) is 0. The van der Waals surface area contributed by atoms with Crippen LogP contribution < -0.4 is 5.32 Å². The van der Waals surface area contributed by atoms with Crippen LogP contribution in [-0.2, 0) is 4.79 Å². The maximum absolute atomic E-state index is 10.8. The van der Waals surface area contributed by atoms with Crippen LogP contribution >= 0.6 is 27.5 Å². The lowest BCUT2D eigenvalue weighted by Crippen LogP contribution is -2.08. The van der Waals surface area contributed by atoms with E-state index in [4.69, 9.17) is 11.6 Å². The van der Waals surface area contributed by atoms with Gasteiger partial charge in [0.15, 0.2) is 5.82 Å². The Morgan fingerprint density at radius 1 is 1.69 bits per heavy atom. The van der Waals surface area contributed by atoms with Crippen LogP contribution in [0.15, 0.2) is 10.5 Å². The highest BCUT2D eigenvalue weighted by Gasteiger charge is 2.08. The highest BCUT2D eigenvalue weighted by molar-refractivity contribution is 9.10. The first-order chi connectivity index (χ1) is 6.00. The van der Waals surface area contributed by atoms with Gasteiger partial charge in [-0.15, -0.1) is 0 Å². The van der Waals surface area contributed by atoms with Gasteiger partial charge in [-0.2, -0.15) is 0 Å². The van der Waals surface area contributed by atoms with Crippen molar-refractivity contribution in [3.8, 4) is 0 Å². The van der Waals surface area contributed by atoms with Crippen LogP contribution in [-0.4, -0.2) is 10.9 Å². The number of halogens is 2. The van der Waals surface area contributed by atoms with E-state index in [0.29, 0.717) is 10.8 Å². The summed E-state index contributed by atoms with van der Waals surface area (Å²) in [5.74, 6) is 0.202. The van der Waals surface area contributed by atoms with E-state index in [1.807, 2.05) is 6.92 Å². The van der Waals surface area contributed by atoms with E-state index in [0.717, 1.165) is 10.2 Å². The fraction of sp³-hybridized carbons (Fsp3) is 0.250. The van der Waals surface area contributed by atoms with Gasteiger partial charge in [0.25, 0.3) is 0 Å². The Morgan fingerprint density at radius 3 is 2.85 bits per heavy atom. The van der Waals surface area contributed by atoms with E-state index < -0.39 is 0 Å². The Labute approximate surface area is 89.6 Å². The molecule has 1 aromatic heterocycles. The van der Waals surface area contributed by atoms with Gasteiger partial charge in [0.1, 0.15) is 0 Å². The van der Waals surface area contributed by atoms with Crippen LogP contribution in [0.5, 0.6) is 0 Å². The number of rotatable bonds is 1. The van der Waals surface area contributed by atoms with Gasteiger partial charge in [-0.05, 0) is 28.9 Å². The minimum absolute atomic E-state index is 0.188. The van der Waals surface area contributed by atoms with Gasteiger partial charge in [0, 0.05) is 17.1 Å². The number of hydrogen-bond donors (Lipinski definition) is 1. The maximum Gasteiger partial charge on any atom is 0.222 e. The fourth-order valence-electron chi connectivity index (χ4n) is 0.867. The molecule has 1 rings (SSSR count). The molecule has 13 heavy (non-hydrogen) atoms. The summed E-state index contributed by atoms with van der Waals surface area (Å²) in [6.45, 7) is 3.24. The zero-order valence-corrected chi connectivity index (χ0v) is 9.53. The van der Waals surface area contributed by atoms with Crippen molar-refractivity contribution in [1.29, 1.82) is 0 Å². The lowest BCUT2D eigenvalue weighted by atomic mass is 10.3. The minimum atomic E-state index is -0.188. The first-order valence-corrected chi connectivity index (χ1v) is 4.78. The van der Waals surface area contributed by atoms with Crippen LogP contribution in [0.4, 0.5) is 5.82 Å². The van der Waals surface area contributed by atoms with Gasteiger partial charge in [-0.25, -0.2) is 4.98 Å². The number of anilines is 1. The Hall–Kier alpha value is -0.610. The average molecular weight is 264 g/mol. The minimum Gasteiger partial charge on any atom is -0.310 e. The third kappa shape index (κ3) is 2.67. The zero-order chi connectivity index (χ0) is 10.0. The van der Waals surface area contributed by atoms with Gasteiger partial charge in [0.2, 0.25) is 5.91 Å². The number of nitrogens with zero attached hydrogens (tertiary/aromatic N) is 1. The molecular weight excluding hydrogens is 255 g/mol. The third-order valence-corrected chi connectivity index (χ3v) is 2.57. The molecule has 3 nitrogen and oxygen atoms in total. The molecule has 0 aromatic carbocycles. The molecular formula is C8H8BrClN2O.